The highest BCUT2D eigenvalue weighted by molar-refractivity contribution is 6.74. The first-order valence-corrected chi connectivity index (χ1v) is 21.1. The van der Waals surface area contributed by atoms with Gasteiger partial charge < -0.3 is 18.5 Å². The second kappa shape index (κ2) is 14.2. The zero-order valence-electron chi connectivity index (χ0n) is 27.5. The third kappa shape index (κ3) is 9.61. The van der Waals surface area contributed by atoms with E-state index in [9.17, 15) is 4.79 Å². The number of hydrogen-bond donors (Lipinski definition) is 0. The van der Waals surface area contributed by atoms with Gasteiger partial charge in [0.15, 0.2) is 22.5 Å². The summed E-state index contributed by atoms with van der Waals surface area (Å²) in [5.74, 6) is 0.420. The fourth-order valence-corrected chi connectivity index (χ4v) is 6.37. The number of nitrogens with zero attached hydrogens (tertiary/aromatic N) is 4. The fraction of sp³-hybridized carbons (Fsp3) is 0.833. The minimum Gasteiger partial charge on any atom is -0.414 e. The molecule has 1 fully saturated rings. The molecule has 230 valence electrons. The number of aromatic nitrogens is 2. The lowest BCUT2D eigenvalue weighted by Crippen LogP contribution is -2.48. The summed E-state index contributed by atoms with van der Waals surface area (Å²) in [5, 5.41) is 0.163. The molecule has 10 heteroatoms. The number of unbranched alkanes of at least 4 members (excludes halogenated alkanes) is 2. The van der Waals surface area contributed by atoms with Crippen molar-refractivity contribution in [3.63, 3.8) is 0 Å². The van der Waals surface area contributed by atoms with Crippen LogP contribution < -0.4 is 5.69 Å². The molecule has 1 aromatic heterocycles. The first-order chi connectivity index (χ1) is 18.4. The Kier molecular flexibility index (Phi) is 12.4. The molecule has 0 N–H and O–H groups in total. The van der Waals surface area contributed by atoms with Crippen LogP contribution in [0.1, 0.15) is 93.7 Å². The second-order valence-electron chi connectivity index (χ2n) is 14.3. The van der Waals surface area contributed by atoms with Crippen LogP contribution in [0.2, 0.25) is 36.3 Å². The highest BCUT2D eigenvalue weighted by Crippen LogP contribution is 2.42. The van der Waals surface area contributed by atoms with Gasteiger partial charge in [0.1, 0.15) is 12.3 Å². The quantitative estimate of drug-likeness (QED) is 0.126. The van der Waals surface area contributed by atoms with E-state index in [1.165, 1.54) is 0 Å². The maximum Gasteiger partial charge on any atom is 0.351 e. The minimum absolute atomic E-state index is 0.0656. The van der Waals surface area contributed by atoms with Crippen LogP contribution in [0, 0.1) is 0 Å². The van der Waals surface area contributed by atoms with Crippen LogP contribution in [0.25, 0.3) is 0 Å². The molecule has 0 aliphatic carbocycles. The molecule has 8 nitrogen and oxygen atoms in total. The lowest BCUT2D eigenvalue weighted by atomic mass is 10.2. The Morgan fingerprint density at radius 3 is 2.12 bits per heavy atom. The van der Waals surface area contributed by atoms with Crippen molar-refractivity contribution in [2.24, 2.45) is 4.99 Å². The third-order valence-electron chi connectivity index (χ3n) is 8.92. The van der Waals surface area contributed by atoms with Gasteiger partial charge in [0.05, 0.1) is 19.0 Å². The Bertz CT molecular complexity index is 1010. The average molecular weight is 595 g/mol. The Morgan fingerprint density at radius 2 is 1.62 bits per heavy atom. The number of ether oxygens (including phenoxy) is 1. The molecule has 1 aromatic rings. The maximum atomic E-state index is 13.2. The van der Waals surface area contributed by atoms with E-state index < -0.39 is 22.9 Å². The van der Waals surface area contributed by atoms with Crippen molar-refractivity contribution in [2.45, 2.75) is 142 Å². The van der Waals surface area contributed by atoms with Crippen molar-refractivity contribution in [3.8, 4) is 0 Å². The maximum absolute atomic E-state index is 13.2. The van der Waals surface area contributed by atoms with E-state index in [0.29, 0.717) is 18.8 Å². The topological polar surface area (TPSA) is 78.2 Å². The van der Waals surface area contributed by atoms with Crippen molar-refractivity contribution in [1.29, 1.82) is 0 Å². The molecule has 2 rings (SSSR count). The molecule has 0 amide bonds. The van der Waals surface area contributed by atoms with Gasteiger partial charge in [0.2, 0.25) is 0 Å². The molecule has 0 bridgehead atoms. The van der Waals surface area contributed by atoms with Gasteiger partial charge in [0.25, 0.3) is 0 Å². The van der Waals surface area contributed by atoms with Gasteiger partial charge in [-0.2, -0.15) is 4.98 Å². The highest BCUT2D eigenvalue weighted by Gasteiger charge is 2.46. The van der Waals surface area contributed by atoms with E-state index in [0.717, 1.165) is 38.8 Å². The minimum atomic E-state index is -2.07. The average Bonchev–Trinajstić information content (AvgIpc) is 3.22. The molecule has 0 aromatic carbocycles. The highest BCUT2D eigenvalue weighted by atomic mass is 28.4. The van der Waals surface area contributed by atoms with E-state index in [1.807, 2.05) is 6.34 Å². The zero-order valence-corrected chi connectivity index (χ0v) is 29.5. The van der Waals surface area contributed by atoms with E-state index in [2.05, 4.69) is 96.5 Å². The van der Waals surface area contributed by atoms with Gasteiger partial charge in [-0.25, -0.2) is 9.79 Å². The van der Waals surface area contributed by atoms with Crippen LogP contribution in [0.4, 0.5) is 5.82 Å². The summed E-state index contributed by atoms with van der Waals surface area (Å²) in [6, 6.07) is 1.79. The van der Waals surface area contributed by atoms with Gasteiger partial charge in [-0.15, -0.1) is 0 Å². The molecule has 0 unspecified atom stereocenters. The fourth-order valence-electron chi connectivity index (χ4n) is 3.99. The Hall–Kier alpha value is -1.34. The van der Waals surface area contributed by atoms with E-state index >= 15 is 0 Å². The molecule has 1 aliphatic rings. The summed E-state index contributed by atoms with van der Waals surface area (Å²) in [4.78, 5) is 24.2. The van der Waals surface area contributed by atoms with E-state index in [4.69, 9.17) is 13.6 Å². The number of aliphatic imine (C=N–C) groups is 1. The summed E-state index contributed by atoms with van der Waals surface area (Å²) in [7, 11) is -4.05. The van der Waals surface area contributed by atoms with Gasteiger partial charge >= 0.3 is 5.69 Å². The van der Waals surface area contributed by atoms with Gasteiger partial charge in [0, 0.05) is 25.7 Å². The van der Waals surface area contributed by atoms with Crippen molar-refractivity contribution < 1.29 is 13.6 Å². The third-order valence-corrected chi connectivity index (χ3v) is 17.9. The molecule has 2 heterocycles. The SMILES string of the molecule is CCCCN(C=Nc1ccn([C@H]2C[C@H](O[Si](C)(C)C(C)(C)C)[C@@H](CO[Si](C)(C)C(C)(C)C)O2)c(=O)n1)CCCC. The number of hydrogen-bond acceptors (Lipinski definition) is 6. The largest absolute Gasteiger partial charge is 0.414 e. The lowest BCUT2D eigenvalue weighted by molar-refractivity contribution is -0.0411. The van der Waals surface area contributed by atoms with Crippen molar-refractivity contribution in [3.05, 3.63) is 22.7 Å². The standard InChI is InChI=1S/C30H58N4O4Si2/c1-13-15-18-33(19-16-14-2)23-31-26-17-20-34(28(35)32-26)27-21-24(38-40(11,12)30(6,7)8)25(37-27)22-36-39(9,10)29(3,4)5/h17,20,23-25,27H,13-16,18-19,21-22H2,1-12H3/t24-,25+,27+/m0/s1. The van der Waals surface area contributed by atoms with Gasteiger partial charge in [-0.1, -0.05) is 68.2 Å². The van der Waals surface area contributed by atoms with Crippen LogP contribution in [-0.2, 0) is 13.6 Å². The summed E-state index contributed by atoms with van der Waals surface area (Å²) < 4.78 is 21.5. The zero-order chi connectivity index (χ0) is 30.4. The molecule has 1 aliphatic heterocycles. The summed E-state index contributed by atoms with van der Waals surface area (Å²) >= 11 is 0. The van der Waals surface area contributed by atoms with Crippen LogP contribution in [0.5, 0.6) is 0 Å². The van der Waals surface area contributed by atoms with Crippen molar-refractivity contribution in [2.75, 3.05) is 19.7 Å². The van der Waals surface area contributed by atoms with E-state index in [1.54, 1.807) is 16.8 Å². The molecule has 0 radical (unpaired) electrons. The van der Waals surface area contributed by atoms with Gasteiger partial charge in [-0.05, 0) is 55.2 Å². The normalized spacial score (nSPS) is 20.9. The van der Waals surface area contributed by atoms with Crippen LogP contribution in [0.3, 0.4) is 0 Å². The Morgan fingerprint density at radius 1 is 1.05 bits per heavy atom. The van der Waals surface area contributed by atoms with Crippen molar-refractivity contribution in [1.82, 2.24) is 14.5 Å². The van der Waals surface area contributed by atoms with E-state index in [-0.39, 0.29) is 28.0 Å². The molecule has 1 saturated heterocycles. The molecule has 40 heavy (non-hydrogen) atoms. The van der Waals surface area contributed by atoms with Gasteiger partial charge in [-0.3, -0.25) is 4.57 Å². The summed E-state index contributed by atoms with van der Waals surface area (Å²) in [6.07, 6.45) is 7.83. The molecule has 0 saturated carbocycles. The number of rotatable bonds is 14. The second-order valence-corrected chi connectivity index (χ2v) is 23.9. The molecule has 0 spiro atoms. The van der Waals surface area contributed by atoms with Crippen LogP contribution in [0.15, 0.2) is 22.1 Å². The first-order valence-electron chi connectivity index (χ1n) is 15.3. The van der Waals surface area contributed by atoms with Crippen molar-refractivity contribution >= 4 is 28.8 Å². The van der Waals surface area contributed by atoms with Crippen LogP contribution in [-0.4, -0.2) is 69.3 Å². The first kappa shape index (κ1) is 34.9. The smallest absolute Gasteiger partial charge is 0.351 e. The lowest BCUT2D eigenvalue weighted by Gasteiger charge is -2.40. The Balaban J connectivity index is 2.25. The summed E-state index contributed by atoms with van der Waals surface area (Å²) in [6.45, 7) is 29.2. The van der Waals surface area contributed by atoms with Crippen LogP contribution >= 0.6 is 0 Å². The molecule has 3 atom stereocenters. The summed E-state index contributed by atoms with van der Waals surface area (Å²) in [5.41, 5.74) is -0.356. The molecular formula is C30H58N4O4Si2. The molecular weight excluding hydrogens is 537 g/mol. The monoisotopic (exact) mass is 594 g/mol. The Labute approximate surface area is 246 Å². The predicted octanol–water partition coefficient (Wildman–Crippen LogP) is 7.51. The predicted molar refractivity (Wildman–Crippen MR) is 172 cm³/mol.